The van der Waals surface area contributed by atoms with Crippen LogP contribution in [0.4, 0.5) is 11.4 Å². The van der Waals surface area contributed by atoms with Crippen LogP contribution in [-0.4, -0.2) is 23.9 Å². The van der Waals surface area contributed by atoms with Crippen molar-refractivity contribution in [1.29, 1.82) is 0 Å². The first-order valence-corrected chi connectivity index (χ1v) is 8.43. The van der Waals surface area contributed by atoms with E-state index in [9.17, 15) is 14.4 Å². The van der Waals surface area contributed by atoms with E-state index in [2.05, 4.69) is 10.6 Å². The maximum absolute atomic E-state index is 12.1. The van der Waals surface area contributed by atoms with Crippen LogP contribution in [0.2, 0.25) is 0 Å². The molecule has 0 fully saturated rings. The van der Waals surface area contributed by atoms with E-state index in [0.29, 0.717) is 11.4 Å². The van der Waals surface area contributed by atoms with Gasteiger partial charge in [0, 0.05) is 29.3 Å². The predicted octanol–water partition coefficient (Wildman–Crippen LogP) is 3.29. The van der Waals surface area contributed by atoms with Gasteiger partial charge in [-0.1, -0.05) is 6.07 Å². The van der Waals surface area contributed by atoms with Gasteiger partial charge in [0.25, 0.3) is 5.91 Å². The number of thiophene rings is 1. The van der Waals surface area contributed by atoms with Crippen molar-refractivity contribution in [1.82, 2.24) is 0 Å². The molecule has 1 aromatic heterocycles. The van der Waals surface area contributed by atoms with Crippen LogP contribution in [0.15, 0.2) is 47.9 Å². The van der Waals surface area contributed by atoms with Gasteiger partial charge in [0.2, 0.25) is 5.91 Å². The smallest absolute Gasteiger partial charge is 0.331 e. The molecule has 7 heteroatoms. The minimum Gasteiger partial charge on any atom is -0.449 e. The standard InChI is InChI=1S/C18H18N2O4S/c1-12(24-17(22)10-9-16-4-3-11-25-16)18(23)20-15-7-5-14(6-8-15)19-13(2)21/h3-12H,1-2H3,(H,19,21)(H,20,23)/b10-9+/t12-/m0/s1. The molecule has 1 atom stereocenters. The van der Waals surface area contributed by atoms with Crippen molar-refractivity contribution < 1.29 is 19.1 Å². The van der Waals surface area contributed by atoms with Crippen LogP contribution >= 0.6 is 11.3 Å². The number of benzene rings is 1. The van der Waals surface area contributed by atoms with E-state index in [1.807, 2.05) is 17.5 Å². The Morgan fingerprint density at radius 3 is 2.28 bits per heavy atom. The van der Waals surface area contributed by atoms with E-state index in [4.69, 9.17) is 4.74 Å². The van der Waals surface area contributed by atoms with Crippen LogP contribution in [-0.2, 0) is 19.1 Å². The summed E-state index contributed by atoms with van der Waals surface area (Å²) in [4.78, 5) is 35.7. The maximum atomic E-state index is 12.1. The molecular weight excluding hydrogens is 340 g/mol. The Bertz CT molecular complexity index is 767. The molecule has 0 saturated carbocycles. The second-order valence-corrected chi connectivity index (χ2v) is 6.15. The fourth-order valence-corrected chi connectivity index (χ4v) is 2.51. The molecule has 0 saturated heterocycles. The van der Waals surface area contributed by atoms with Crippen LogP contribution in [0.5, 0.6) is 0 Å². The molecule has 0 spiro atoms. The van der Waals surface area contributed by atoms with Crippen molar-refractivity contribution in [2.75, 3.05) is 10.6 Å². The lowest BCUT2D eigenvalue weighted by Gasteiger charge is -2.12. The van der Waals surface area contributed by atoms with Crippen LogP contribution in [0.1, 0.15) is 18.7 Å². The van der Waals surface area contributed by atoms with Gasteiger partial charge in [-0.3, -0.25) is 9.59 Å². The van der Waals surface area contributed by atoms with Crippen LogP contribution in [0.3, 0.4) is 0 Å². The normalized spacial score (nSPS) is 11.8. The molecule has 0 radical (unpaired) electrons. The quantitative estimate of drug-likeness (QED) is 0.613. The van der Waals surface area contributed by atoms with Gasteiger partial charge < -0.3 is 15.4 Å². The zero-order valence-electron chi connectivity index (χ0n) is 13.8. The van der Waals surface area contributed by atoms with Gasteiger partial charge in [-0.15, -0.1) is 11.3 Å². The number of esters is 1. The van der Waals surface area contributed by atoms with E-state index in [1.165, 1.54) is 31.3 Å². The van der Waals surface area contributed by atoms with Crippen molar-refractivity contribution in [2.24, 2.45) is 0 Å². The van der Waals surface area contributed by atoms with Gasteiger partial charge in [0.1, 0.15) is 0 Å². The first-order chi connectivity index (χ1) is 11.9. The highest BCUT2D eigenvalue weighted by molar-refractivity contribution is 7.10. The van der Waals surface area contributed by atoms with Gasteiger partial charge in [0.05, 0.1) is 0 Å². The molecular formula is C18H18N2O4S. The monoisotopic (exact) mass is 358 g/mol. The summed E-state index contributed by atoms with van der Waals surface area (Å²) in [5.74, 6) is -1.20. The highest BCUT2D eigenvalue weighted by atomic mass is 32.1. The minimum atomic E-state index is -0.935. The molecule has 1 aromatic carbocycles. The summed E-state index contributed by atoms with van der Waals surface area (Å²) in [6, 6.07) is 10.4. The SMILES string of the molecule is CC(=O)Nc1ccc(NC(=O)[C@H](C)OC(=O)/C=C/c2cccs2)cc1. The van der Waals surface area contributed by atoms with Gasteiger partial charge in [-0.25, -0.2) is 4.79 Å². The molecule has 1 heterocycles. The Balaban J connectivity index is 1.85. The van der Waals surface area contributed by atoms with E-state index in [0.717, 1.165) is 4.88 Å². The Morgan fingerprint density at radius 1 is 1.08 bits per heavy atom. The van der Waals surface area contributed by atoms with Gasteiger partial charge >= 0.3 is 5.97 Å². The molecule has 0 aliphatic heterocycles. The third-order valence-electron chi connectivity index (χ3n) is 3.06. The maximum Gasteiger partial charge on any atom is 0.331 e. The lowest BCUT2D eigenvalue weighted by Crippen LogP contribution is -2.29. The number of ether oxygens (including phenoxy) is 1. The average molecular weight is 358 g/mol. The third kappa shape index (κ3) is 6.23. The number of carbonyl (C=O) groups excluding carboxylic acids is 3. The number of carbonyl (C=O) groups is 3. The number of nitrogens with one attached hydrogen (secondary N) is 2. The Hall–Kier alpha value is -2.93. The number of amides is 2. The van der Waals surface area contributed by atoms with Gasteiger partial charge in [-0.05, 0) is 48.7 Å². The Morgan fingerprint density at radius 2 is 1.72 bits per heavy atom. The first-order valence-electron chi connectivity index (χ1n) is 7.55. The fourth-order valence-electron chi connectivity index (χ4n) is 1.89. The van der Waals surface area contributed by atoms with Crippen molar-refractivity contribution in [3.8, 4) is 0 Å². The summed E-state index contributed by atoms with van der Waals surface area (Å²) in [5, 5.41) is 7.18. The molecule has 0 unspecified atom stereocenters. The molecule has 0 aliphatic carbocycles. The summed E-state index contributed by atoms with van der Waals surface area (Å²) < 4.78 is 5.07. The van der Waals surface area contributed by atoms with Crippen LogP contribution in [0.25, 0.3) is 6.08 Å². The molecule has 25 heavy (non-hydrogen) atoms. The van der Waals surface area contributed by atoms with E-state index >= 15 is 0 Å². The summed E-state index contributed by atoms with van der Waals surface area (Å²) in [5.41, 5.74) is 1.17. The second-order valence-electron chi connectivity index (χ2n) is 5.18. The summed E-state index contributed by atoms with van der Waals surface area (Å²) >= 11 is 1.50. The number of hydrogen-bond acceptors (Lipinski definition) is 5. The summed E-state index contributed by atoms with van der Waals surface area (Å²) in [7, 11) is 0. The van der Waals surface area contributed by atoms with Gasteiger partial charge in [-0.2, -0.15) is 0 Å². The highest BCUT2D eigenvalue weighted by Gasteiger charge is 2.16. The summed E-state index contributed by atoms with van der Waals surface area (Å²) in [6.45, 7) is 2.91. The second kappa shape index (κ2) is 8.79. The molecule has 0 aliphatic rings. The van der Waals surface area contributed by atoms with E-state index in [1.54, 1.807) is 30.3 Å². The largest absolute Gasteiger partial charge is 0.449 e. The minimum absolute atomic E-state index is 0.173. The number of anilines is 2. The van der Waals surface area contributed by atoms with Gasteiger partial charge in [0.15, 0.2) is 6.10 Å². The van der Waals surface area contributed by atoms with Crippen molar-refractivity contribution in [3.63, 3.8) is 0 Å². The number of rotatable bonds is 6. The molecule has 2 aromatic rings. The van der Waals surface area contributed by atoms with E-state index in [-0.39, 0.29) is 5.91 Å². The molecule has 2 N–H and O–H groups in total. The van der Waals surface area contributed by atoms with Crippen molar-refractivity contribution >= 4 is 46.6 Å². The molecule has 2 amide bonds. The molecule has 2 rings (SSSR count). The number of hydrogen-bond donors (Lipinski definition) is 2. The Kier molecular flexibility index (Phi) is 6.47. The summed E-state index contributed by atoms with van der Waals surface area (Å²) in [6.07, 6.45) is 1.99. The van der Waals surface area contributed by atoms with Crippen molar-refractivity contribution in [2.45, 2.75) is 20.0 Å². The Labute approximate surface area is 149 Å². The van der Waals surface area contributed by atoms with Crippen LogP contribution < -0.4 is 10.6 Å². The highest BCUT2D eigenvalue weighted by Crippen LogP contribution is 2.14. The van der Waals surface area contributed by atoms with E-state index < -0.39 is 18.0 Å². The van der Waals surface area contributed by atoms with Crippen LogP contribution in [0, 0.1) is 0 Å². The lowest BCUT2D eigenvalue weighted by atomic mass is 10.2. The topological polar surface area (TPSA) is 84.5 Å². The molecule has 0 bridgehead atoms. The predicted molar refractivity (Wildman–Crippen MR) is 98.3 cm³/mol. The fraction of sp³-hybridized carbons (Fsp3) is 0.167. The first kappa shape index (κ1) is 18.4. The molecule has 130 valence electrons. The zero-order chi connectivity index (χ0) is 18.2. The third-order valence-corrected chi connectivity index (χ3v) is 3.90. The molecule has 6 nitrogen and oxygen atoms in total. The average Bonchev–Trinajstić information content (AvgIpc) is 3.07. The lowest BCUT2D eigenvalue weighted by molar-refractivity contribution is -0.148. The van der Waals surface area contributed by atoms with Crippen molar-refractivity contribution in [3.05, 3.63) is 52.7 Å². The zero-order valence-corrected chi connectivity index (χ0v) is 14.6.